The molecule has 1 fully saturated rings. The minimum Gasteiger partial charge on any atom is -0.345 e. The zero-order valence-electron chi connectivity index (χ0n) is 16.3. The number of rotatable bonds is 4. The minimum absolute atomic E-state index is 0.00257. The number of anilines is 1. The molecule has 0 aliphatic carbocycles. The largest absolute Gasteiger partial charge is 0.345 e. The molecule has 1 aliphatic rings. The Bertz CT molecular complexity index is 1140. The van der Waals surface area contributed by atoms with Crippen molar-refractivity contribution in [3.05, 3.63) is 64.8 Å². The highest BCUT2D eigenvalue weighted by Gasteiger charge is 2.29. The van der Waals surface area contributed by atoms with Crippen molar-refractivity contribution in [2.75, 3.05) is 31.1 Å². The molecule has 8 heteroatoms. The zero-order chi connectivity index (χ0) is 20.6. The van der Waals surface area contributed by atoms with Crippen LogP contribution >= 0.6 is 11.3 Å². The van der Waals surface area contributed by atoms with Crippen LogP contribution in [-0.2, 0) is 10.0 Å². The molecule has 0 unspecified atom stereocenters. The first-order valence-electron chi connectivity index (χ1n) is 9.38. The van der Waals surface area contributed by atoms with Gasteiger partial charge in [-0.15, -0.1) is 11.3 Å². The van der Waals surface area contributed by atoms with Crippen molar-refractivity contribution in [3.63, 3.8) is 0 Å². The fourth-order valence-electron chi connectivity index (χ4n) is 3.34. The first-order valence-corrected chi connectivity index (χ1v) is 11.7. The molecule has 0 atom stereocenters. The highest BCUT2D eigenvalue weighted by atomic mass is 32.2. The summed E-state index contributed by atoms with van der Waals surface area (Å²) in [4.78, 5) is 6.86. The third kappa shape index (κ3) is 4.05. The summed E-state index contributed by atoms with van der Waals surface area (Å²) < 4.78 is 40.4. The maximum atomic E-state index is 13.4. The highest BCUT2D eigenvalue weighted by Crippen LogP contribution is 2.30. The van der Waals surface area contributed by atoms with Crippen LogP contribution in [0.2, 0.25) is 0 Å². The van der Waals surface area contributed by atoms with E-state index in [4.69, 9.17) is 4.98 Å². The van der Waals surface area contributed by atoms with E-state index in [1.54, 1.807) is 11.3 Å². The molecular weight excluding hydrogens is 409 g/mol. The fourth-order valence-corrected chi connectivity index (χ4v) is 5.68. The van der Waals surface area contributed by atoms with E-state index in [9.17, 15) is 12.8 Å². The SMILES string of the molecule is Cc1ccc(-c2csc(N3CCN(S(=O)(=O)c4cccc(F)c4)CC3)n2)cc1C. The number of sulfonamides is 1. The van der Waals surface area contributed by atoms with E-state index in [2.05, 4.69) is 36.9 Å². The molecule has 1 aromatic heterocycles. The molecule has 1 aliphatic heterocycles. The molecule has 0 radical (unpaired) electrons. The summed E-state index contributed by atoms with van der Waals surface area (Å²) >= 11 is 1.57. The minimum atomic E-state index is -3.69. The summed E-state index contributed by atoms with van der Waals surface area (Å²) in [5, 5.41) is 2.93. The van der Waals surface area contributed by atoms with Crippen LogP contribution in [0.4, 0.5) is 9.52 Å². The molecule has 0 N–H and O–H groups in total. The van der Waals surface area contributed by atoms with Crippen LogP contribution in [0, 0.1) is 19.7 Å². The summed E-state index contributed by atoms with van der Waals surface area (Å²) in [5.41, 5.74) is 4.50. The van der Waals surface area contributed by atoms with Crippen molar-refractivity contribution in [3.8, 4) is 11.3 Å². The number of piperazine rings is 1. The Balaban J connectivity index is 1.46. The van der Waals surface area contributed by atoms with Crippen molar-refractivity contribution >= 4 is 26.5 Å². The van der Waals surface area contributed by atoms with E-state index in [-0.39, 0.29) is 4.90 Å². The molecule has 2 heterocycles. The third-order valence-corrected chi connectivity index (χ3v) is 8.03. The van der Waals surface area contributed by atoms with Gasteiger partial charge in [0.1, 0.15) is 5.82 Å². The van der Waals surface area contributed by atoms with Crippen LogP contribution in [0.5, 0.6) is 0 Å². The van der Waals surface area contributed by atoms with Crippen molar-refractivity contribution < 1.29 is 12.8 Å². The Morgan fingerprint density at radius 3 is 2.45 bits per heavy atom. The van der Waals surface area contributed by atoms with Gasteiger partial charge in [-0.2, -0.15) is 4.31 Å². The monoisotopic (exact) mass is 431 g/mol. The Labute approximate surface area is 174 Å². The Morgan fingerprint density at radius 1 is 1.00 bits per heavy atom. The number of halogens is 1. The van der Waals surface area contributed by atoms with Gasteiger partial charge in [-0.1, -0.05) is 18.2 Å². The number of benzene rings is 2. The number of thiazole rings is 1. The van der Waals surface area contributed by atoms with Crippen LogP contribution in [-0.4, -0.2) is 43.9 Å². The maximum absolute atomic E-state index is 13.4. The van der Waals surface area contributed by atoms with Gasteiger partial charge in [0, 0.05) is 37.1 Å². The smallest absolute Gasteiger partial charge is 0.243 e. The number of hydrogen-bond donors (Lipinski definition) is 0. The number of aryl methyl sites for hydroxylation is 2. The van der Waals surface area contributed by atoms with E-state index < -0.39 is 15.8 Å². The molecule has 1 saturated heterocycles. The zero-order valence-corrected chi connectivity index (χ0v) is 17.9. The first kappa shape index (κ1) is 20.0. The second-order valence-electron chi connectivity index (χ2n) is 7.16. The van der Waals surface area contributed by atoms with Gasteiger partial charge in [-0.25, -0.2) is 17.8 Å². The van der Waals surface area contributed by atoms with Gasteiger partial charge in [-0.3, -0.25) is 0 Å². The van der Waals surface area contributed by atoms with Crippen molar-refractivity contribution in [2.24, 2.45) is 0 Å². The van der Waals surface area contributed by atoms with E-state index in [0.717, 1.165) is 22.5 Å². The molecule has 0 amide bonds. The van der Waals surface area contributed by atoms with E-state index in [0.29, 0.717) is 26.2 Å². The molecule has 29 heavy (non-hydrogen) atoms. The van der Waals surface area contributed by atoms with E-state index >= 15 is 0 Å². The predicted octanol–water partition coefficient (Wildman–Crippen LogP) is 4.08. The Hall–Kier alpha value is -2.29. The fraction of sp³-hybridized carbons (Fsp3) is 0.286. The van der Waals surface area contributed by atoms with Gasteiger partial charge >= 0.3 is 0 Å². The van der Waals surface area contributed by atoms with Gasteiger partial charge in [0.15, 0.2) is 5.13 Å². The van der Waals surface area contributed by atoms with Crippen LogP contribution in [0.25, 0.3) is 11.3 Å². The van der Waals surface area contributed by atoms with Crippen molar-refractivity contribution in [1.82, 2.24) is 9.29 Å². The van der Waals surface area contributed by atoms with Crippen LogP contribution in [0.1, 0.15) is 11.1 Å². The van der Waals surface area contributed by atoms with Gasteiger partial charge in [0.2, 0.25) is 10.0 Å². The van der Waals surface area contributed by atoms with Crippen molar-refractivity contribution in [1.29, 1.82) is 0 Å². The summed E-state index contributed by atoms with van der Waals surface area (Å²) in [7, 11) is -3.69. The second kappa shape index (κ2) is 7.85. The van der Waals surface area contributed by atoms with Gasteiger partial charge in [0.25, 0.3) is 0 Å². The quantitative estimate of drug-likeness (QED) is 0.625. The summed E-state index contributed by atoms with van der Waals surface area (Å²) in [6, 6.07) is 11.5. The molecule has 2 aromatic carbocycles. The lowest BCUT2D eigenvalue weighted by molar-refractivity contribution is 0.384. The van der Waals surface area contributed by atoms with Gasteiger partial charge in [0.05, 0.1) is 10.6 Å². The molecule has 0 spiro atoms. The number of hydrogen-bond acceptors (Lipinski definition) is 5. The van der Waals surface area contributed by atoms with E-state index in [1.165, 1.54) is 33.6 Å². The molecule has 4 rings (SSSR count). The molecule has 3 aromatic rings. The normalized spacial score (nSPS) is 15.6. The van der Waals surface area contributed by atoms with Gasteiger partial charge in [-0.05, 0) is 49.2 Å². The molecule has 152 valence electrons. The predicted molar refractivity (Wildman–Crippen MR) is 114 cm³/mol. The standard InChI is InChI=1S/C21H22FN3O2S2/c1-15-6-7-17(12-16(15)2)20-14-28-21(23-20)24-8-10-25(11-9-24)29(26,27)19-5-3-4-18(22)13-19/h3-7,12-14H,8-11H2,1-2H3. The lowest BCUT2D eigenvalue weighted by Crippen LogP contribution is -2.48. The molecule has 0 bridgehead atoms. The van der Waals surface area contributed by atoms with Crippen molar-refractivity contribution in [2.45, 2.75) is 18.7 Å². The lowest BCUT2D eigenvalue weighted by Gasteiger charge is -2.33. The number of aromatic nitrogens is 1. The lowest BCUT2D eigenvalue weighted by atomic mass is 10.1. The summed E-state index contributed by atoms with van der Waals surface area (Å²) in [6.45, 7) is 5.96. The average molecular weight is 432 g/mol. The van der Waals surface area contributed by atoms with Crippen LogP contribution < -0.4 is 4.90 Å². The third-order valence-electron chi connectivity index (χ3n) is 5.24. The number of nitrogens with zero attached hydrogens (tertiary/aromatic N) is 3. The van der Waals surface area contributed by atoms with E-state index in [1.807, 2.05) is 5.38 Å². The van der Waals surface area contributed by atoms with Gasteiger partial charge < -0.3 is 4.90 Å². The van der Waals surface area contributed by atoms with Crippen LogP contribution in [0.15, 0.2) is 52.7 Å². The molecule has 5 nitrogen and oxygen atoms in total. The summed E-state index contributed by atoms with van der Waals surface area (Å²) in [5.74, 6) is -0.550. The Kier molecular flexibility index (Phi) is 5.42. The topological polar surface area (TPSA) is 53.5 Å². The Morgan fingerprint density at radius 2 is 1.76 bits per heavy atom. The average Bonchev–Trinajstić information content (AvgIpc) is 3.20. The van der Waals surface area contributed by atoms with Crippen LogP contribution in [0.3, 0.4) is 0 Å². The summed E-state index contributed by atoms with van der Waals surface area (Å²) in [6.07, 6.45) is 0. The maximum Gasteiger partial charge on any atom is 0.243 e. The first-order chi connectivity index (χ1) is 13.8. The molecule has 0 saturated carbocycles. The second-order valence-corrected chi connectivity index (χ2v) is 9.94. The molecular formula is C21H22FN3O2S2. The highest BCUT2D eigenvalue weighted by molar-refractivity contribution is 7.89.